The molecule has 0 heterocycles. The molecule has 172 valence electrons. The Hall–Kier alpha value is -4.59. The molecule has 0 spiro atoms. The summed E-state index contributed by atoms with van der Waals surface area (Å²) >= 11 is 0. The van der Waals surface area contributed by atoms with E-state index in [1.54, 1.807) is 60.7 Å². The van der Waals surface area contributed by atoms with Crippen LogP contribution in [-0.4, -0.2) is 18.0 Å². The van der Waals surface area contributed by atoms with Gasteiger partial charge in [-0.3, -0.25) is 18.7 Å². The van der Waals surface area contributed by atoms with E-state index in [1.165, 1.54) is 24.3 Å². The summed E-state index contributed by atoms with van der Waals surface area (Å²) in [5.74, 6) is 0. The molecule has 5 nitrogen and oxygen atoms in total. The van der Waals surface area contributed by atoms with Crippen molar-refractivity contribution in [2.75, 3.05) is 4.81 Å². The van der Waals surface area contributed by atoms with E-state index < -0.39 is 12.3 Å². The number of nitro groups is 1. The maximum atomic E-state index is 14.5. The van der Waals surface area contributed by atoms with Crippen molar-refractivity contribution < 1.29 is 13.6 Å². The monoisotopic (exact) mass is 467 g/mol. The van der Waals surface area contributed by atoms with Gasteiger partial charge in [-0.05, 0) is 35.9 Å². The van der Waals surface area contributed by atoms with Gasteiger partial charge < -0.3 is 4.81 Å². The van der Waals surface area contributed by atoms with Crippen LogP contribution < -0.4 is 4.81 Å². The van der Waals surface area contributed by atoms with E-state index in [1.807, 2.05) is 36.4 Å². The molecule has 0 radical (unpaired) electrons. The van der Waals surface area contributed by atoms with Crippen LogP contribution in [-0.2, 0) is 0 Å². The summed E-state index contributed by atoms with van der Waals surface area (Å²) < 4.78 is 29.0. The summed E-state index contributed by atoms with van der Waals surface area (Å²) in [6.45, 7) is 0. The van der Waals surface area contributed by atoms with E-state index in [9.17, 15) is 18.7 Å². The standard InChI is InChI=1S/C27H20BF2N3O2/c29-28(30)32(24-14-8-3-9-15-24)27(22-12-6-2-7-13-22)20-26(21-10-4-1-5-11-21)31-23-16-18-25(19-17-23)33(34)35/h1-20H/b27-20+,31-26?. The summed E-state index contributed by atoms with van der Waals surface area (Å²) in [5.41, 5.74) is 2.72. The van der Waals surface area contributed by atoms with Crippen LogP contribution in [0.1, 0.15) is 11.1 Å². The van der Waals surface area contributed by atoms with Gasteiger partial charge in [0.25, 0.3) is 5.69 Å². The second-order valence-corrected chi connectivity index (χ2v) is 7.52. The van der Waals surface area contributed by atoms with Crippen molar-refractivity contribution in [1.82, 2.24) is 0 Å². The number of benzene rings is 4. The molecule has 0 atom stereocenters. The Balaban J connectivity index is 1.91. The summed E-state index contributed by atoms with van der Waals surface area (Å²) in [4.78, 5) is 16.2. The molecule has 0 amide bonds. The topological polar surface area (TPSA) is 58.7 Å². The fourth-order valence-electron chi connectivity index (χ4n) is 3.55. The molecule has 0 aliphatic heterocycles. The van der Waals surface area contributed by atoms with E-state index in [4.69, 9.17) is 0 Å². The fourth-order valence-corrected chi connectivity index (χ4v) is 3.55. The molecular weight excluding hydrogens is 447 g/mol. The normalized spacial score (nSPS) is 11.7. The van der Waals surface area contributed by atoms with Crippen LogP contribution in [0.2, 0.25) is 0 Å². The third-order valence-corrected chi connectivity index (χ3v) is 5.21. The van der Waals surface area contributed by atoms with Crippen LogP contribution in [0.4, 0.5) is 25.7 Å². The number of non-ortho nitro benzene ring substituents is 1. The zero-order valence-corrected chi connectivity index (χ0v) is 18.5. The Labute approximate surface area is 202 Å². The minimum atomic E-state index is -2.82. The highest BCUT2D eigenvalue weighted by Gasteiger charge is 2.30. The molecule has 0 fully saturated rings. The molecule has 4 rings (SSSR count). The number of hydrogen-bond acceptors (Lipinski definition) is 4. The Kier molecular flexibility index (Phi) is 7.42. The Morgan fingerprint density at radius 1 is 0.771 bits per heavy atom. The fraction of sp³-hybridized carbons (Fsp3) is 0. The van der Waals surface area contributed by atoms with Crippen LogP contribution >= 0.6 is 0 Å². The molecule has 0 bridgehead atoms. The van der Waals surface area contributed by atoms with E-state index in [2.05, 4.69) is 4.99 Å². The predicted octanol–water partition coefficient (Wildman–Crippen LogP) is 7.19. The average Bonchev–Trinajstić information content (AvgIpc) is 2.89. The molecule has 0 N–H and O–H groups in total. The van der Waals surface area contributed by atoms with Gasteiger partial charge in [0.2, 0.25) is 0 Å². The third kappa shape index (κ3) is 5.86. The first-order valence-corrected chi connectivity index (χ1v) is 10.8. The molecule has 4 aromatic carbocycles. The highest BCUT2D eigenvalue weighted by atomic mass is 19.2. The molecule has 0 aliphatic carbocycles. The average molecular weight is 467 g/mol. The zero-order chi connectivity index (χ0) is 24.6. The van der Waals surface area contributed by atoms with Gasteiger partial charge in [-0.25, -0.2) is 4.99 Å². The number of halogens is 2. The maximum Gasteiger partial charge on any atom is 0.678 e. The highest BCUT2D eigenvalue weighted by Crippen LogP contribution is 2.30. The van der Waals surface area contributed by atoms with E-state index in [-0.39, 0.29) is 11.4 Å². The van der Waals surface area contributed by atoms with Gasteiger partial charge in [-0.1, -0.05) is 78.9 Å². The lowest BCUT2D eigenvalue weighted by Crippen LogP contribution is -2.32. The van der Waals surface area contributed by atoms with Crippen LogP contribution in [0.25, 0.3) is 5.70 Å². The SMILES string of the molecule is O=[N+]([O-])c1ccc(N=C(/C=C(\c2ccccc2)N(B(F)F)c2ccccc2)c2ccccc2)cc1. The number of allylic oxidation sites excluding steroid dienone is 1. The smallest absolute Gasteiger partial charge is 0.325 e. The number of aliphatic imine (C=N–C) groups is 1. The first-order valence-electron chi connectivity index (χ1n) is 10.8. The minimum Gasteiger partial charge on any atom is -0.325 e. The second-order valence-electron chi connectivity index (χ2n) is 7.52. The van der Waals surface area contributed by atoms with E-state index in [0.29, 0.717) is 28.2 Å². The highest BCUT2D eigenvalue weighted by molar-refractivity contribution is 6.52. The first-order chi connectivity index (χ1) is 17.0. The Bertz CT molecular complexity index is 1330. The third-order valence-electron chi connectivity index (χ3n) is 5.21. The van der Waals surface area contributed by atoms with E-state index >= 15 is 0 Å². The minimum absolute atomic E-state index is 0.0568. The number of nitro benzene ring substituents is 1. The van der Waals surface area contributed by atoms with Gasteiger partial charge in [0.05, 0.1) is 16.3 Å². The molecule has 35 heavy (non-hydrogen) atoms. The van der Waals surface area contributed by atoms with Crippen LogP contribution in [0.3, 0.4) is 0 Å². The quantitative estimate of drug-likeness (QED) is 0.119. The van der Waals surface area contributed by atoms with Crippen molar-refractivity contribution in [3.05, 3.63) is 143 Å². The van der Waals surface area contributed by atoms with Crippen molar-refractivity contribution in [3.8, 4) is 0 Å². The maximum absolute atomic E-state index is 14.5. The molecule has 0 saturated heterocycles. The number of rotatable bonds is 8. The molecule has 0 saturated carbocycles. The lowest BCUT2D eigenvalue weighted by atomic mass is 9.99. The van der Waals surface area contributed by atoms with Gasteiger partial charge in [0.1, 0.15) is 0 Å². The number of nitrogens with zero attached hydrogens (tertiary/aromatic N) is 3. The van der Waals surface area contributed by atoms with Crippen molar-refractivity contribution in [1.29, 1.82) is 0 Å². The second kappa shape index (κ2) is 11.0. The number of para-hydroxylation sites is 1. The van der Waals surface area contributed by atoms with E-state index in [0.717, 1.165) is 4.81 Å². The van der Waals surface area contributed by atoms with Crippen molar-refractivity contribution in [2.45, 2.75) is 0 Å². The number of hydrogen-bond donors (Lipinski definition) is 0. The molecule has 8 heteroatoms. The molecule has 0 aromatic heterocycles. The van der Waals surface area contributed by atoms with Gasteiger partial charge >= 0.3 is 7.40 Å². The van der Waals surface area contributed by atoms with Gasteiger partial charge in [-0.15, -0.1) is 0 Å². The number of anilines is 1. The first kappa shape index (κ1) is 23.6. The van der Waals surface area contributed by atoms with Crippen molar-refractivity contribution >= 4 is 35.9 Å². The van der Waals surface area contributed by atoms with Gasteiger partial charge in [0, 0.05) is 29.1 Å². The summed E-state index contributed by atoms with van der Waals surface area (Å²) in [7, 11) is -2.82. The Morgan fingerprint density at radius 3 is 1.80 bits per heavy atom. The van der Waals surface area contributed by atoms with Crippen LogP contribution in [0, 0.1) is 10.1 Å². The van der Waals surface area contributed by atoms with Crippen molar-refractivity contribution in [2.24, 2.45) is 4.99 Å². The molecular formula is C27H20BF2N3O2. The Morgan fingerprint density at radius 2 is 1.29 bits per heavy atom. The lowest BCUT2D eigenvalue weighted by Gasteiger charge is -2.26. The lowest BCUT2D eigenvalue weighted by molar-refractivity contribution is -0.384. The molecule has 4 aromatic rings. The van der Waals surface area contributed by atoms with Crippen LogP contribution in [0.15, 0.2) is 126 Å². The summed E-state index contributed by atoms with van der Waals surface area (Å²) in [6.07, 6.45) is 1.62. The predicted molar refractivity (Wildman–Crippen MR) is 137 cm³/mol. The summed E-state index contributed by atoms with van der Waals surface area (Å²) in [5, 5.41) is 11.0. The largest absolute Gasteiger partial charge is 0.678 e. The van der Waals surface area contributed by atoms with Crippen molar-refractivity contribution in [3.63, 3.8) is 0 Å². The molecule has 0 aliphatic rings. The summed E-state index contributed by atoms with van der Waals surface area (Å²) in [6, 6.07) is 32.3. The molecule has 0 unspecified atom stereocenters. The van der Waals surface area contributed by atoms with Gasteiger partial charge in [0.15, 0.2) is 0 Å². The van der Waals surface area contributed by atoms with Crippen LogP contribution in [0.5, 0.6) is 0 Å². The zero-order valence-electron chi connectivity index (χ0n) is 18.5. The van der Waals surface area contributed by atoms with Gasteiger partial charge in [-0.2, -0.15) is 0 Å².